The third-order valence-electron chi connectivity index (χ3n) is 2.81. The van der Waals surface area contributed by atoms with Gasteiger partial charge in [0, 0.05) is 15.8 Å². The largest absolute Gasteiger partial charge is 0.398 e. The predicted octanol–water partition coefficient (Wildman–Crippen LogP) is 4.53. The third kappa shape index (κ3) is 2.64. The van der Waals surface area contributed by atoms with Gasteiger partial charge in [-0.05, 0) is 65.2 Å². The van der Waals surface area contributed by atoms with Crippen LogP contribution in [0.4, 0.5) is 21.5 Å². The van der Waals surface area contributed by atoms with Crippen LogP contribution in [0.15, 0.2) is 34.8 Å². The Bertz CT molecular complexity index is 597. The first-order chi connectivity index (χ1) is 8.47. The average Bonchev–Trinajstić information content (AvgIpc) is 2.31. The first-order valence-corrected chi connectivity index (χ1v) is 6.35. The van der Waals surface area contributed by atoms with E-state index in [2.05, 4.69) is 21.2 Å². The number of hydrogen-bond acceptors (Lipinski definition) is 2. The minimum atomic E-state index is -0.219. The summed E-state index contributed by atoms with van der Waals surface area (Å²) in [4.78, 5) is 0. The van der Waals surface area contributed by atoms with E-state index in [1.54, 1.807) is 13.0 Å². The molecule has 2 nitrogen and oxygen atoms in total. The van der Waals surface area contributed by atoms with Crippen molar-refractivity contribution in [1.82, 2.24) is 0 Å². The molecule has 0 fully saturated rings. The summed E-state index contributed by atoms with van der Waals surface area (Å²) in [5.41, 5.74) is 9.72. The van der Waals surface area contributed by atoms with Gasteiger partial charge in [-0.2, -0.15) is 0 Å². The maximum absolute atomic E-state index is 13.5. The minimum Gasteiger partial charge on any atom is -0.398 e. The van der Waals surface area contributed by atoms with Crippen molar-refractivity contribution in [2.45, 2.75) is 13.8 Å². The van der Waals surface area contributed by atoms with Gasteiger partial charge in [-0.25, -0.2) is 4.39 Å². The molecular formula is C14H14BrFN2. The molecule has 0 saturated heterocycles. The van der Waals surface area contributed by atoms with Gasteiger partial charge in [0.2, 0.25) is 0 Å². The molecule has 0 radical (unpaired) electrons. The van der Waals surface area contributed by atoms with Crippen LogP contribution in [0, 0.1) is 19.7 Å². The SMILES string of the molecule is Cc1cc(Nc2ccc(C)c(F)c2)c(Br)cc1N. The smallest absolute Gasteiger partial charge is 0.128 e. The zero-order valence-electron chi connectivity index (χ0n) is 10.2. The lowest BCUT2D eigenvalue weighted by atomic mass is 10.1. The molecule has 0 spiro atoms. The highest BCUT2D eigenvalue weighted by molar-refractivity contribution is 9.10. The topological polar surface area (TPSA) is 38.0 Å². The lowest BCUT2D eigenvalue weighted by molar-refractivity contribution is 0.619. The van der Waals surface area contributed by atoms with Crippen molar-refractivity contribution in [1.29, 1.82) is 0 Å². The number of anilines is 3. The number of rotatable bonds is 2. The summed E-state index contributed by atoms with van der Waals surface area (Å²) in [6.07, 6.45) is 0. The Morgan fingerprint density at radius 2 is 1.83 bits per heavy atom. The summed E-state index contributed by atoms with van der Waals surface area (Å²) in [6, 6.07) is 8.83. The highest BCUT2D eigenvalue weighted by atomic mass is 79.9. The van der Waals surface area contributed by atoms with Crippen LogP contribution in [0.3, 0.4) is 0 Å². The normalized spacial score (nSPS) is 10.4. The van der Waals surface area contributed by atoms with Crippen LogP contribution in [0.25, 0.3) is 0 Å². The quantitative estimate of drug-likeness (QED) is 0.800. The fraction of sp³-hybridized carbons (Fsp3) is 0.143. The molecule has 0 amide bonds. The van der Waals surface area contributed by atoms with Crippen LogP contribution in [-0.4, -0.2) is 0 Å². The van der Waals surface area contributed by atoms with Gasteiger partial charge in [0.05, 0.1) is 5.69 Å². The Hall–Kier alpha value is -1.55. The molecule has 2 aromatic rings. The number of benzene rings is 2. The van der Waals surface area contributed by atoms with E-state index in [-0.39, 0.29) is 5.82 Å². The molecule has 0 aliphatic heterocycles. The number of nitrogen functional groups attached to an aromatic ring is 1. The van der Waals surface area contributed by atoms with Gasteiger partial charge in [-0.1, -0.05) is 6.07 Å². The van der Waals surface area contributed by atoms with E-state index in [0.29, 0.717) is 11.3 Å². The van der Waals surface area contributed by atoms with Crippen molar-refractivity contribution in [2.75, 3.05) is 11.1 Å². The van der Waals surface area contributed by atoms with Crippen molar-refractivity contribution in [3.63, 3.8) is 0 Å². The van der Waals surface area contributed by atoms with Crippen LogP contribution in [0.5, 0.6) is 0 Å². The van der Waals surface area contributed by atoms with Crippen LogP contribution in [0.2, 0.25) is 0 Å². The molecule has 3 N–H and O–H groups in total. The minimum absolute atomic E-state index is 0.219. The Morgan fingerprint density at radius 3 is 2.50 bits per heavy atom. The Kier molecular flexibility index (Phi) is 3.57. The van der Waals surface area contributed by atoms with Crippen molar-refractivity contribution in [3.8, 4) is 0 Å². The van der Waals surface area contributed by atoms with Crippen LogP contribution < -0.4 is 11.1 Å². The lowest BCUT2D eigenvalue weighted by Gasteiger charge is -2.11. The van der Waals surface area contributed by atoms with Gasteiger partial charge in [-0.3, -0.25) is 0 Å². The zero-order valence-corrected chi connectivity index (χ0v) is 11.8. The monoisotopic (exact) mass is 308 g/mol. The molecule has 0 aliphatic rings. The van der Waals surface area contributed by atoms with Crippen molar-refractivity contribution in [3.05, 3.63) is 51.7 Å². The maximum atomic E-state index is 13.5. The van der Waals surface area contributed by atoms with E-state index in [1.807, 2.05) is 25.1 Å². The first-order valence-electron chi connectivity index (χ1n) is 5.56. The second kappa shape index (κ2) is 4.98. The standard InChI is InChI=1S/C14H14BrFN2/c1-8-3-4-10(6-12(8)16)18-14-5-9(2)13(17)7-11(14)15/h3-7,18H,17H2,1-2H3. The highest BCUT2D eigenvalue weighted by Gasteiger charge is 2.05. The van der Waals surface area contributed by atoms with E-state index >= 15 is 0 Å². The summed E-state index contributed by atoms with van der Waals surface area (Å²) < 4.78 is 14.3. The van der Waals surface area contributed by atoms with Crippen molar-refractivity contribution in [2.24, 2.45) is 0 Å². The molecule has 0 saturated carbocycles. The molecule has 0 bridgehead atoms. The van der Waals surface area contributed by atoms with Crippen molar-refractivity contribution >= 4 is 33.0 Å². The molecule has 0 aliphatic carbocycles. The van der Waals surface area contributed by atoms with E-state index in [1.165, 1.54) is 6.07 Å². The second-order valence-corrected chi connectivity index (χ2v) is 5.13. The molecule has 18 heavy (non-hydrogen) atoms. The molecule has 2 aromatic carbocycles. The number of aryl methyl sites for hydroxylation is 2. The molecule has 0 unspecified atom stereocenters. The molecule has 4 heteroatoms. The van der Waals surface area contributed by atoms with Gasteiger partial charge >= 0.3 is 0 Å². The van der Waals surface area contributed by atoms with Gasteiger partial charge in [0.25, 0.3) is 0 Å². The summed E-state index contributed by atoms with van der Waals surface area (Å²) in [6.45, 7) is 3.67. The maximum Gasteiger partial charge on any atom is 0.128 e. The Labute approximate surface area is 114 Å². The van der Waals surface area contributed by atoms with Crippen LogP contribution in [0.1, 0.15) is 11.1 Å². The van der Waals surface area contributed by atoms with E-state index < -0.39 is 0 Å². The zero-order chi connectivity index (χ0) is 13.3. The highest BCUT2D eigenvalue weighted by Crippen LogP contribution is 2.30. The molecule has 0 atom stereocenters. The van der Waals surface area contributed by atoms with Crippen molar-refractivity contribution < 1.29 is 4.39 Å². The Morgan fingerprint density at radius 1 is 1.11 bits per heavy atom. The second-order valence-electron chi connectivity index (χ2n) is 4.28. The third-order valence-corrected chi connectivity index (χ3v) is 3.46. The number of hydrogen-bond donors (Lipinski definition) is 2. The van der Waals surface area contributed by atoms with Crippen LogP contribution in [-0.2, 0) is 0 Å². The van der Waals surface area contributed by atoms with E-state index in [0.717, 1.165) is 21.4 Å². The van der Waals surface area contributed by atoms with E-state index in [4.69, 9.17) is 5.73 Å². The van der Waals surface area contributed by atoms with Crippen LogP contribution >= 0.6 is 15.9 Å². The average molecular weight is 309 g/mol. The number of halogens is 2. The number of nitrogens with two attached hydrogens (primary N) is 1. The summed E-state index contributed by atoms with van der Waals surface area (Å²) in [5, 5.41) is 3.17. The summed E-state index contributed by atoms with van der Waals surface area (Å²) in [5.74, 6) is -0.219. The molecule has 94 valence electrons. The molecule has 2 rings (SSSR count). The van der Waals surface area contributed by atoms with Gasteiger partial charge in [-0.15, -0.1) is 0 Å². The number of nitrogens with one attached hydrogen (secondary N) is 1. The lowest BCUT2D eigenvalue weighted by Crippen LogP contribution is -1.96. The Balaban J connectivity index is 2.34. The van der Waals surface area contributed by atoms with Gasteiger partial charge < -0.3 is 11.1 Å². The molecular weight excluding hydrogens is 295 g/mol. The predicted molar refractivity (Wildman–Crippen MR) is 77.7 cm³/mol. The summed E-state index contributed by atoms with van der Waals surface area (Å²) in [7, 11) is 0. The fourth-order valence-electron chi connectivity index (χ4n) is 1.62. The van der Waals surface area contributed by atoms with E-state index in [9.17, 15) is 4.39 Å². The first kappa shape index (κ1) is 12.9. The van der Waals surface area contributed by atoms with Gasteiger partial charge in [0.15, 0.2) is 0 Å². The molecule has 0 heterocycles. The summed E-state index contributed by atoms with van der Waals surface area (Å²) >= 11 is 3.44. The van der Waals surface area contributed by atoms with Gasteiger partial charge in [0.1, 0.15) is 5.82 Å². The molecule has 0 aromatic heterocycles. The fourth-order valence-corrected chi connectivity index (χ4v) is 2.08.